The number of rotatable bonds is 9. The summed E-state index contributed by atoms with van der Waals surface area (Å²) >= 11 is 0. The number of aliphatic imine (C=N–C) groups is 1. The van der Waals surface area contributed by atoms with Crippen molar-refractivity contribution in [1.29, 1.82) is 0 Å². The molecule has 0 aliphatic rings. The number of nitrogens with one attached hydrogen (secondary N) is 2. The Kier molecular flexibility index (Phi) is 12.9. The SMILES string of the molecule is CCCNC(=NCC(=O)N(C)C)NC(C)c1ccc(OCC(C)C)cc1.I. The van der Waals surface area contributed by atoms with Crippen LogP contribution in [-0.4, -0.2) is 50.6 Å². The van der Waals surface area contributed by atoms with E-state index in [1.807, 2.05) is 12.1 Å². The Balaban J connectivity index is 0.00000676. The third-order valence-electron chi connectivity index (χ3n) is 3.73. The summed E-state index contributed by atoms with van der Waals surface area (Å²) in [6, 6.07) is 8.14. The molecule has 0 saturated heterocycles. The standard InChI is InChI=1S/C20H34N4O2.HI/c1-7-12-21-20(22-13-19(25)24(5)6)23-16(4)17-8-10-18(11-9-17)26-14-15(2)3;/h8-11,15-16H,7,12-14H2,1-6H3,(H2,21,22,23);1H. The maximum atomic E-state index is 11.8. The lowest BCUT2D eigenvalue weighted by Crippen LogP contribution is -2.40. The van der Waals surface area contributed by atoms with Crippen molar-refractivity contribution < 1.29 is 9.53 Å². The zero-order valence-corrected chi connectivity index (χ0v) is 19.7. The molecule has 1 amide bonds. The molecule has 0 bridgehead atoms. The molecule has 0 radical (unpaired) electrons. The molecule has 1 rings (SSSR count). The van der Waals surface area contributed by atoms with E-state index in [2.05, 4.69) is 55.5 Å². The van der Waals surface area contributed by atoms with Crippen LogP contribution in [0, 0.1) is 5.92 Å². The Morgan fingerprint density at radius 2 is 1.81 bits per heavy atom. The van der Waals surface area contributed by atoms with Crippen molar-refractivity contribution in [3.8, 4) is 5.75 Å². The van der Waals surface area contributed by atoms with Crippen LogP contribution < -0.4 is 15.4 Å². The average molecular weight is 490 g/mol. The Labute approximate surface area is 181 Å². The molecule has 0 spiro atoms. The third kappa shape index (κ3) is 10.4. The van der Waals surface area contributed by atoms with Crippen LogP contribution in [0.1, 0.15) is 45.7 Å². The molecule has 0 aliphatic heterocycles. The first-order valence-corrected chi connectivity index (χ1v) is 9.31. The molecule has 1 atom stereocenters. The van der Waals surface area contributed by atoms with E-state index < -0.39 is 0 Å². The van der Waals surface area contributed by atoms with Crippen LogP contribution in [0.25, 0.3) is 0 Å². The molecule has 154 valence electrons. The number of ether oxygens (including phenoxy) is 1. The van der Waals surface area contributed by atoms with Gasteiger partial charge in [-0.15, -0.1) is 24.0 Å². The summed E-state index contributed by atoms with van der Waals surface area (Å²) in [6.45, 7) is 10.1. The summed E-state index contributed by atoms with van der Waals surface area (Å²) in [4.78, 5) is 17.7. The van der Waals surface area contributed by atoms with Crippen molar-refractivity contribution >= 4 is 35.8 Å². The first kappa shape index (κ1) is 25.5. The highest BCUT2D eigenvalue weighted by Crippen LogP contribution is 2.18. The van der Waals surface area contributed by atoms with Crippen LogP contribution in [0.3, 0.4) is 0 Å². The van der Waals surface area contributed by atoms with Gasteiger partial charge in [-0.25, -0.2) is 4.99 Å². The number of nitrogens with zero attached hydrogens (tertiary/aromatic N) is 2. The molecule has 1 aromatic rings. The summed E-state index contributed by atoms with van der Waals surface area (Å²) in [5, 5.41) is 6.61. The van der Waals surface area contributed by atoms with Crippen LogP contribution in [0.15, 0.2) is 29.3 Å². The van der Waals surface area contributed by atoms with Crippen molar-refractivity contribution in [3.63, 3.8) is 0 Å². The summed E-state index contributed by atoms with van der Waals surface area (Å²) in [6.07, 6.45) is 0.985. The van der Waals surface area contributed by atoms with Gasteiger partial charge in [-0.1, -0.05) is 32.9 Å². The molecular weight excluding hydrogens is 455 g/mol. The minimum atomic E-state index is -0.0260. The molecule has 2 N–H and O–H groups in total. The number of carbonyl (C=O) groups excluding carboxylic acids is 1. The van der Waals surface area contributed by atoms with E-state index in [4.69, 9.17) is 4.74 Å². The van der Waals surface area contributed by atoms with Crippen molar-refractivity contribution in [1.82, 2.24) is 15.5 Å². The van der Waals surface area contributed by atoms with Gasteiger partial charge in [-0.3, -0.25) is 4.79 Å². The van der Waals surface area contributed by atoms with Gasteiger partial charge in [0, 0.05) is 20.6 Å². The van der Waals surface area contributed by atoms with Gasteiger partial charge < -0.3 is 20.3 Å². The molecule has 0 aromatic heterocycles. The van der Waals surface area contributed by atoms with Gasteiger partial charge in [-0.2, -0.15) is 0 Å². The molecule has 0 aliphatic carbocycles. The summed E-state index contributed by atoms with van der Waals surface area (Å²) in [5.41, 5.74) is 1.13. The topological polar surface area (TPSA) is 66.0 Å². The summed E-state index contributed by atoms with van der Waals surface area (Å²) in [5.74, 6) is 2.00. The minimum Gasteiger partial charge on any atom is -0.493 e. The average Bonchev–Trinajstić information content (AvgIpc) is 2.61. The molecule has 0 heterocycles. The number of halogens is 1. The van der Waals surface area contributed by atoms with Crippen molar-refractivity contribution in [2.75, 3.05) is 33.8 Å². The van der Waals surface area contributed by atoms with E-state index in [9.17, 15) is 4.79 Å². The molecule has 7 heteroatoms. The second kappa shape index (κ2) is 13.6. The van der Waals surface area contributed by atoms with E-state index in [0.717, 1.165) is 24.3 Å². The lowest BCUT2D eigenvalue weighted by Gasteiger charge is -2.19. The van der Waals surface area contributed by atoms with Gasteiger partial charge >= 0.3 is 0 Å². The van der Waals surface area contributed by atoms with Gasteiger partial charge in [0.2, 0.25) is 5.91 Å². The fourth-order valence-electron chi connectivity index (χ4n) is 2.09. The number of amides is 1. The van der Waals surface area contributed by atoms with E-state index >= 15 is 0 Å². The van der Waals surface area contributed by atoms with E-state index in [-0.39, 0.29) is 42.5 Å². The first-order chi connectivity index (χ1) is 12.3. The van der Waals surface area contributed by atoms with Crippen LogP contribution >= 0.6 is 24.0 Å². The highest BCUT2D eigenvalue weighted by atomic mass is 127. The summed E-state index contributed by atoms with van der Waals surface area (Å²) in [7, 11) is 3.46. The first-order valence-electron chi connectivity index (χ1n) is 9.31. The number of benzene rings is 1. The molecular formula is C20H35IN4O2. The second-order valence-corrected chi connectivity index (χ2v) is 7.02. The maximum Gasteiger partial charge on any atom is 0.243 e. The quantitative estimate of drug-likeness (QED) is 0.316. The highest BCUT2D eigenvalue weighted by molar-refractivity contribution is 14.0. The van der Waals surface area contributed by atoms with Gasteiger partial charge in [0.15, 0.2) is 5.96 Å². The van der Waals surface area contributed by atoms with Crippen molar-refractivity contribution in [2.24, 2.45) is 10.9 Å². The monoisotopic (exact) mass is 490 g/mol. The smallest absolute Gasteiger partial charge is 0.243 e. The molecule has 1 aromatic carbocycles. The normalized spacial score (nSPS) is 12.2. The van der Waals surface area contributed by atoms with Crippen molar-refractivity contribution in [3.05, 3.63) is 29.8 Å². The molecule has 6 nitrogen and oxygen atoms in total. The minimum absolute atomic E-state index is 0. The van der Waals surface area contributed by atoms with Gasteiger partial charge in [-0.05, 0) is 37.0 Å². The fourth-order valence-corrected chi connectivity index (χ4v) is 2.09. The molecule has 27 heavy (non-hydrogen) atoms. The van der Waals surface area contributed by atoms with Gasteiger partial charge in [0.1, 0.15) is 12.3 Å². The van der Waals surface area contributed by atoms with E-state index in [1.54, 1.807) is 19.0 Å². The van der Waals surface area contributed by atoms with E-state index in [1.165, 1.54) is 0 Å². The Hall–Kier alpha value is -1.51. The predicted octanol–water partition coefficient (Wildman–Crippen LogP) is 3.43. The Morgan fingerprint density at radius 3 is 2.33 bits per heavy atom. The zero-order valence-electron chi connectivity index (χ0n) is 17.4. The van der Waals surface area contributed by atoms with Crippen LogP contribution in [-0.2, 0) is 4.79 Å². The Morgan fingerprint density at radius 1 is 1.19 bits per heavy atom. The maximum absolute atomic E-state index is 11.8. The lowest BCUT2D eigenvalue weighted by molar-refractivity contribution is -0.127. The van der Waals surface area contributed by atoms with E-state index in [0.29, 0.717) is 18.5 Å². The predicted molar refractivity (Wildman–Crippen MR) is 123 cm³/mol. The van der Waals surface area contributed by atoms with Gasteiger partial charge in [0.05, 0.1) is 12.6 Å². The molecule has 1 unspecified atom stereocenters. The fraction of sp³-hybridized carbons (Fsp3) is 0.600. The van der Waals surface area contributed by atoms with Crippen molar-refractivity contribution in [2.45, 2.75) is 40.2 Å². The molecule has 0 saturated carbocycles. The number of hydrogen-bond acceptors (Lipinski definition) is 3. The lowest BCUT2D eigenvalue weighted by atomic mass is 10.1. The van der Waals surface area contributed by atoms with Crippen LogP contribution in [0.4, 0.5) is 0 Å². The zero-order chi connectivity index (χ0) is 19.5. The number of guanidine groups is 1. The number of likely N-dealkylation sites (N-methyl/N-ethyl adjacent to an activating group) is 1. The van der Waals surface area contributed by atoms with Crippen LogP contribution in [0.2, 0.25) is 0 Å². The number of carbonyl (C=O) groups is 1. The van der Waals surface area contributed by atoms with Crippen LogP contribution in [0.5, 0.6) is 5.75 Å². The summed E-state index contributed by atoms with van der Waals surface area (Å²) < 4.78 is 5.73. The number of hydrogen-bond donors (Lipinski definition) is 2. The second-order valence-electron chi connectivity index (χ2n) is 7.02. The Bertz CT molecular complexity index is 574. The third-order valence-corrected chi connectivity index (χ3v) is 3.73. The highest BCUT2D eigenvalue weighted by Gasteiger charge is 2.10. The largest absolute Gasteiger partial charge is 0.493 e. The van der Waals surface area contributed by atoms with Gasteiger partial charge in [0.25, 0.3) is 0 Å². The molecule has 0 fully saturated rings.